The number of nitrogens with zero attached hydrogens (tertiary/aromatic N) is 1. The minimum absolute atomic E-state index is 0.342. The molecular weight excluding hydrogens is 292 g/mol. The molecule has 0 saturated carbocycles. The molecule has 1 atom stereocenters. The van der Waals surface area contributed by atoms with Crippen LogP contribution in [0.3, 0.4) is 0 Å². The Kier molecular flexibility index (Phi) is 5.37. The molecule has 0 radical (unpaired) electrons. The highest BCUT2D eigenvalue weighted by Gasteiger charge is 2.29. The van der Waals surface area contributed by atoms with Crippen LogP contribution in [-0.2, 0) is 0 Å². The molecule has 1 unspecified atom stereocenters. The molecule has 0 amide bonds. The predicted octanol–water partition coefficient (Wildman–Crippen LogP) is 4.32. The Morgan fingerprint density at radius 3 is 1.83 bits per heavy atom. The molecule has 1 fully saturated rings. The maximum atomic E-state index is 3.68. The Balaban J connectivity index is 1.95. The van der Waals surface area contributed by atoms with Crippen molar-refractivity contribution < 1.29 is 0 Å². The van der Waals surface area contributed by atoms with Crippen molar-refractivity contribution in [1.82, 2.24) is 10.2 Å². The molecule has 128 valence electrons. The van der Waals surface area contributed by atoms with Crippen molar-refractivity contribution in [2.24, 2.45) is 5.92 Å². The number of hydrogen-bond acceptors (Lipinski definition) is 2. The van der Waals surface area contributed by atoms with Crippen LogP contribution in [0.4, 0.5) is 0 Å². The largest absolute Gasteiger partial charge is 0.311 e. The van der Waals surface area contributed by atoms with E-state index in [-0.39, 0.29) is 0 Å². The third-order valence-electron chi connectivity index (χ3n) is 5.19. The normalized spacial score (nSPS) is 19.2. The minimum atomic E-state index is 0.342. The van der Waals surface area contributed by atoms with Crippen molar-refractivity contribution in [1.29, 1.82) is 0 Å². The molecule has 24 heavy (non-hydrogen) atoms. The van der Waals surface area contributed by atoms with E-state index >= 15 is 0 Å². The molecule has 1 aliphatic heterocycles. The lowest BCUT2D eigenvalue weighted by atomic mass is 9.93. The van der Waals surface area contributed by atoms with Crippen LogP contribution in [0.5, 0.6) is 0 Å². The van der Waals surface area contributed by atoms with Gasteiger partial charge in [0.15, 0.2) is 0 Å². The maximum absolute atomic E-state index is 3.68. The molecule has 0 spiro atoms. The van der Waals surface area contributed by atoms with Gasteiger partial charge in [-0.05, 0) is 30.9 Å². The number of aryl methyl sites for hydroxylation is 2. The summed E-state index contributed by atoms with van der Waals surface area (Å²) in [6.45, 7) is 12.2. The summed E-state index contributed by atoms with van der Waals surface area (Å²) in [5.41, 5.74) is 5.44. The number of rotatable bonds is 4. The van der Waals surface area contributed by atoms with Crippen molar-refractivity contribution in [2.45, 2.75) is 39.8 Å². The van der Waals surface area contributed by atoms with Gasteiger partial charge in [-0.15, -0.1) is 0 Å². The van der Waals surface area contributed by atoms with Crippen LogP contribution in [-0.4, -0.2) is 30.6 Å². The summed E-state index contributed by atoms with van der Waals surface area (Å²) in [4.78, 5) is 2.65. The van der Waals surface area contributed by atoms with Crippen LogP contribution in [0.25, 0.3) is 0 Å². The fraction of sp³-hybridized carbons (Fsp3) is 0.455. The molecule has 3 rings (SSSR count). The van der Waals surface area contributed by atoms with Gasteiger partial charge in [0.25, 0.3) is 0 Å². The Bertz CT molecular complexity index is 597. The van der Waals surface area contributed by atoms with E-state index in [1.807, 2.05) is 0 Å². The van der Waals surface area contributed by atoms with Gasteiger partial charge in [-0.25, -0.2) is 0 Å². The zero-order chi connectivity index (χ0) is 17.1. The number of piperazine rings is 1. The third kappa shape index (κ3) is 3.88. The molecule has 1 saturated heterocycles. The molecule has 1 heterocycles. The Morgan fingerprint density at radius 2 is 1.38 bits per heavy atom. The van der Waals surface area contributed by atoms with Gasteiger partial charge < -0.3 is 5.32 Å². The van der Waals surface area contributed by atoms with Gasteiger partial charge in [-0.3, -0.25) is 4.90 Å². The fourth-order valence-corrected chi connectivity index (χ4v) is 3.59. The highest BCUT2D eigenvalue weighted by molar-refractivity contribution is 5.35. The molecular formula is C22H30N2. The quantitative estimate of drug-likeness (QED) is 0.901. The summed E-state index contributed by atoms with van der Waals surface area (Å²) in [7, 11) is 0. The lowest BCUT2D eigenvalue weighted by Gasteiger charge is -2.41. The standard InChI is InChI=1S/C22H30N2/c1-16(2)21-15-24(14-13-23-21)22(19-9-5-17(3)6-10-19)20-11-7-18(4)8-12-20/h5-12,16,21-23H,13-15H2,1-4H3. The second kappa shape index (κ2) is 7.50. The van der Waals surface area contributed by atoms with Crippen LogP contribution in [0.2, 0.25) is 0 Å². The first-order valence-corrected chi connectivity index (χ1v) is 9.15. The van der Waals surface area contributed by atoms with E-state index in [9.17, 15) is 0 Å². The Labute approximate surface area is 146 Å². The maximum Gasteiger partial charge on any atom is 0.0602 e. The van der Waals surface area contributed by atoms with E-state index in [4.69, 9.17) is 0 Å². The lowest BCUT2D eigenvalue weighted by molar-refractivity contribution is 0.144. The zero-order valence-electron chi connectivity index (χ0n) is 15.4. The highest BCUT2D eigenvalue weighted by Crippen LogP contribution is 2.30. The van der Waals surface area contributed by atoms with Gasteiger partial charge >= 0.3 is 0 Å². The Morgan fingerprint density at radius 1 is 0.875 bits per heavy atom. The molecule has 2 nitrogen and oxygen atoms in total. The number of benzene rings is 2. The van der Waals surface area contributed by atoms with Crippen LogP contribution < -0.4 is 5.32 Å². The van der Waals surface area contributed by atoms with Gasteiger partial charge in [0.05, 0.1) is 6.04 Å². The van der Waals surface area contributed by atoms with E-state index in [2.05, 4.69) is 86.4 Å². The first-order valence-electron chi connectivity index (χ1n) is 9.15. The summed E-state index contributed by atoms with van der Waals surface area (Å²) in [5, 5.41) is 3.68. The molecule has 0 bridgehead atoms. The molecule has 2 heteroatoms. The third-order valence-corrected chi connectivity index (χ3v) is 5.19. The zero-order valence-corrected chi connectivity index (χ0v) is 15.4. The molecule has 1 N–H and O–H groups in total. The van der Waals surface area contributed by atoms with E-state index in [1.165, 1.54) is 22.3 Å². The van der Waals surface area contributed by atoms with Crippen LogP contribution in [0.1, 0.15) is 42.1 Å². The van der Waals surface area contributed by atoms with Gasteiger partial charge in [0.1, 0.15) is 0 Å². The van der Waals surface area contributed by atoms with Crippen LogP contribution >= 0.6 is 0 Å². The number of hydrogen-bond donors (Lipinski definition) is 1. The summed E-state index contributed by atoms with van der Waals surface area (Å²) in [5.74, 6) is 0.657. The number of nitrogens with one attached hydrogen (secondary N) is 1. The van der Waals surface area contributed by atoms with Crippen LogP contribution in [0, 0.1) is 19.8 Å². The smallest absolute Gasteiger partial charge is 0.0602 e. The first kappa shape index (κ1) is 17.2. The van der Waals surface area contributed by atoms with Gasteiger partial charge in [-0.2, -0.15) is 0 Å². The summed E-state index contributed by atoms with van der Waals surface area (Å²) in [6, 6.07) is 19.0. The molecule has 2 aromatic rings. The first-order chi connectivity index (χ1) is 11.5. The Hall–Kier alpha value is -1.64. The summed E-state index contributed by atoms with van der Waals surface area (Å²) < 4.78 is 0. The topological polar surface area (TPSA) is 15.3 Å². The van der Waals surface area contributed by atoms with Gasteiger partial charge in [0, 0.05) is 25.7 Å². The minimum Gasteiger partial charge on any atom is -0.311 e. The predicted molar refractivity (Wildman–Crippen MR) is 102 cm³/mol. The average molecular weight is 322 g/mol. The monoisotopic (exact) mass is 322 g/mol. The van der Waals surface area contributed by atoms with Gasteiger partial charge in [-0.1, -0.05) is 73.5 Å². The van der Waals surface area contributed by atoms with Gasteiger partial charge in [0.2, 0.25) is 0 Å². The van der Waals surface area contributed by atoms with E-state index < -0.39 is 0 Å². The lowest BCUT2D eigenvalue weighted by Crippen LogP contribution is -2.53. The average Bonchev–Trinajstić information content (AvgIpc) is 2.59. The second-order valence-corrected chi connectivity index (χ2v) is 7.52. The van der Waals surface area contributed by atoms with Crippen molar-refractivity contribution in [3.63, 3.8) is 0 Å². The molecule has 2 aromatic carbocycles. The summed E-state index contributed by atoms with van der Waals surface area (Å²) in [6.07, 6.45) is 0. The van der Waals surface area contributed by atoms with E-state index in [0.29, 0.717) is 18.0 Å². The second-order valence-electron chi connectivity index (χ2n) is 7.52. The van der Waals surface area contributed by atoms with Crippen LogP contribution in [0.15, 0.2) is 48.5 Å². The van der Waals surface area contributed by atoms with E-state index in [1.54, 1.807) is 0 Å². The SMILES string of the molecule is Cc1ccc(C(c2ccc(C)cc2)N2CCNC(C(C)C)C2)cc1. The van der Waals surface area contributed by atoms with Crippen molar-refractivity contribution in [3.8, 4) is 0 Å². The molecule has 0 aliphatic carbocycles. The summed E-state index contributed by atoms with van der Waals surface area (Å²) >= 11 is 0. The van der Waals surface area contributed by atoms with E-state index in [0.717, 1.165) is 19.6 Å². The fourth-order valence-electron chi connectivity index (χ4n) is 3.59. The van der Waals surface area contributed by atoms with Crippen molar-refractivity contribution in [3.05, 3.63) is 70.8 Å². The molecule has 0 aromatic heterocycles. The highest BCUT2D eigenvalue weighted by atomic mass is 15.2. The van der Waals surface area contributed by atoms with Crippen molar-refractivity contribution >= 4 is 0 Å². The molecule has 1 aliphatic rings. The van der Waals surface area contributed by atoms with Crippen molar-refractivity contribution in [2.75, 3.05) is 19.6 Å².